The van der Waals surface area contributed by atoms with E-state index >= 15 is 0 Å². The lowest BCUT2D eigenvalue weighted by Crippen LogP contribution is -2.06. The molecule has 3 rings (SSSR count). The zero-order valence-corrected chi connectivity index (χ0v) is 11.4. The Labute approximate surface area is 121 Å². The molecule has 0 bridgehead atoms. The largest absolute Gasteiger partial charge is 0.478 e. The number of carbonyl (C=O) groups is 1. The lowest BCUT2D eigenvalue weighted by Gasteiger charge is -2.12. The van der Waals surface area contributed by atoms with Gasteiger partial charge in [-0.15, -0.1) is 0 Å². The first-order valence-electron chi connectivity index (χ1n) is 6.45. The summed E-state index contributed by atoms with van der Waals surface area (Å²) in [5.74, 6) is -0.952. The second-order valence-corrected chi connectivity index (χ2v) is 4.68. The van der Waals surface area contributed by atoms with E-state index in [0.717, 1.165) is 11.1 Å². The first-order chi connectivity index (χ1) is 10.2. The van der Waals surface area contributed by atoms with Crippen LogP contribution in [-0.2, 0) is 0 Å². The fourth-order valence-electron chi connectivity index (χ4n) is 2.29. The Hall–Kier alpha value is -2.95. The normalized spacial score (nSPS) is 10.5. The van der Waals surface area contributed by atoms with Gasteiger partial charge in [-0.3, -0.25) is 0 Å². The summed E-state index contributed by atoms with van der Waals surface area (Å²) in [4.78, 5) is 15.4. The molecule has 0 aliphatic heterocycles. The first kappa shape index (κ1) is 13.1. The number of benzene rings is 2. The average Bonchev–Trinajstić information content (AvgIpc) is 3.02. The van der Waals surface area contributed by atoms with Crippen LogP contribution in [0.1, 0.15) is 15.9 Å². The molecule has 5 nitrogen and oxygen atoms in total. The summed E-state index contributed by atoms with van der Waals surface area (Å²) in [6.07, 6.45) is 2.98. The monoisotopic (exact) mass is 279 g/mol. The van der Waals surface area contributed by atoms with Crippen LogP contribution >= 0.6 is 0 Å². The minimum atomic E-state index is -0.952. The number of carboxylic acid groups (broad SMARTS) is 1. The second kappa shape index (κ2) is 5.20. The van der Waals surface area contributed by atoms with Crippen molar-refractivity contribution >= 4 is 5.97 Å². The number of hydrogen-bond donors (Lipinski definition) is 1. The number of hydrogen-bond acceptors (Lipinski definition) is 3. The van der Waals surface area contributed by atoms with Gasteiger partial charge in [-0.1, -0.05) is 30.3 Å². The van der Waals surface area contributed by atoms with Crippen molar-refractivity contribution in [2.45, 2.75) is 6.92 Å². The number of aromatic carboxylic acids is 1. The molecule has 2 aromatic carbocycles. The molecular weight excluding hydrogens is 266 g/mol. The van der Waals surface area contributed by atoms with Gasteiger partial charge in [0.1, 0.15) is 12.7 Å². The topological polar surface area (TPSA) is 68.0 Å². The van der Waals surface area contributed by atoms with Crippen molar-refractivity contribution in [3.63, 3.8) is 0 Å². The van der Waals surface area contributed by atoms with Crippen molar-refractivity contribution in [3.8, 4) is 16.8 Å². The van der Waals surface area contributed by atoms with Gasteiger partial charge in [0.05, 0.1) is 11.3 Å². The number of nitrogens with zero attached hydrogens (tertiary/aromatic N) is 3. The van der Waals surface area contributed by atoms with Gasteiger partial charge in [-0.25, -0.2) is 14.5 Å². The number of aromatic nitrogens is 3. The average molecular weight is 279 g/mol. The van der Waals surface area contributed by atoms with Gasteiger partial charge in [0, 0.05) is 0 Å². The maximum absolute atomic E-state index is 11.5. The summed E-state index contributed by atoms with van der Waals surface area (Å²) in [7, 11) is 0. The van der Waals surface area contributed by atoms with Crippen molar-refractivity contribution in [3.05, 3.63) is 66.2 Å². The van der Waals surface area contributed by atoms with Gasteiger partial charge < -0.3 is 5.11 Å². The Kier molecular flexibility index (Phi) is 3.23. The molecule has 21 heavy (non-hydrogen) atoms. The van der Waals surface area contributed by atoms with Gasteiger partial charge >= 0.3 is 5.97 Å². The molecule has 1 heterocycles. The van der Waals surface area contributed by atoms with E-state index in [1.807, 2.05) is 36.4 Å². The quantitative estimate of drug-likeness (QED) is 0.800. The van der Waals surface area contributed by atoms with Crippen molar-refractivity contribution < 1.29 is 9.90 Å². The maximum atomic E-state index is 11.5. The molecule has 0 spiro atoms. The van der Waals surface area contributed by atoms with Crippen LogP contribution in [0.4, 0.5) is 0 Å². The molecule has 3 aromatic rings. The Morgan fingerprint density at radius 2 is 1.90 bits per heavy atom. The van der Waals surface area contributed by atoms with Crippen molar-refractivity contribution in [2.24, 2.45) is 0 Å². The molecule has 0 radical (unpaired) electrons. The maximum Gasteiger partial charge on any atom is 0.336 e. The van der Waals surface area contributed by atoms with Crippen LogP contribution in [0.15, 0.2) is 55.1 Å². The van der Waals surface area contributed by atoms with Crippen LogP contribution in [0.2, 0.25) is 0 Å². The van der Waals surface area contributed by atoms with E-state index in [2.05, 4.69) is 10.1 Å². The highest BCUT2D eigenvalue weighted by Crippen LogP contribution is 2.27. The van der Waals surface area contributed by atoms with E-state index in [1.54, 1.807) is 24.0 Å². The van der Waals surface area contributed by atoms with Crippen LogP contribution in [0.3, 0.4) is 0 Å². The van der Waals surface area contributed by atoms with Crippen LogP contribution in [0.5, 0.6) is 0 Å². The molecule has 0 unspecified atom stereocenters. The summed E-state index contributed by atoms with van der Waals surface area (Å²) in [5, 5.41) is 13.5. The first-order valence-corrected chi connectivity index (χ1v) is 6.45. The third kappa shape index (κ3) is 2.41. The predicted octanol–water partition coefficient (Wildman–Crippen LogP) is 2.94. The van der Waals surface area contributed by atoms with Gasteiger partial charge in [0.15, 0.2) is 0 Å². The standard InChI is InChI=1S/C16H13N3O2/c1-11-14(16(20)21)7-13(12-5-3-2-4-6-12)8-15(11)19-10-17-9-18-19/h2-10H,1H3,(H,20,21). The van der Waals surface area contributed by atoms with Gasteiger partial charge in [0.25, 0.3) is 0 Å². The SMILES string of the molecule is Cc1c(C(=O)O)cc(-c2ccccc2)cc1-n1cncn1. The zero-order chi connectivity index (χ0) is 14.8. The summed E-state index contributed by atoms with van der Waals surface area (Å²) in [5.41, 5.74) is 3.44. The minimum Gasteiger partial charge on any atom is -0.478 e. The Morgan fingerprint density at radius 3 is 2.52 bits per heavy atom. The van der Waals surface area contributed by atoms with Crippen LogP contribution in [0, 0.1) is 6.92 Å². The molecule has 0 aliphatic carbocycles. The fourth-order valence-corrected chi connectivity index (χ4v) is 2.29. The molecule has 0 atom stereocenters. The molecule has 0 aliphatic rings. The molecule has 1 aromatic heterocycles. The number of rotatable bonds is 3. The predicted molar refractivity (Wildman–Crippen MR) is 78.5 cm³/mol. The molecule has 0 saturated heterocycles. The molecule has 104 valence electrons. The van der Waals surface area contributed by atoms with Gasteiger partial charge in [0.2, 0.25) is 0 Å². The fraction of sp³-hybridized carbons (Fsp3) is 0.0625. The third-order valence-electron chi connectivity index (χ3n) is 3.38. The smallest absolute Gasteiger partial charge is 0.336 e. The van der Waals surface area contributed by atoms with E-state index in [4.69, 9.17) is 0 Å². The van der Waals surface area contributed by atoms with Crippen molar-refractivity contribution in [2.75, 3.05) is 0 Å². The molecule has 0 saturated carbocycles. The van der Waals surface area contributed by atoms with E-state index in [0.29, 0.717) is 11.3 Å². The van der Waals surface area contributed by atoms with Crippen molar-refractivity contribution in [1.29, 1.82) is 0 Å². The van der Waals surface area contributed by atoms with Crippen LogP contribution in [-0.4, -0.2) is 25.8 Å². The lowest BCUT2D eigenvalue weighted by molar-refractivity contribution is 0.0696. The zero-order valence-electron chi connectivity index (χ0n) is 11.4. The Morgan fingerprint density at radius 1 is 1.14 bits per heavy atom. The summed E-state index contributed by atoms with van der Waals surface area (Å²) in [6.45, 7) is 1.77. The molecule has 1 N–H and O–H groups in total. The Bertz CT molecular complexity index is 781. The highest BCUT2D eigenvalue weighted by atomic mass is 16.4. The molecule has 0 amide bonds. The highest BCUT2D eigenvalue weighted by Gasteiger charge is 2.15. The van der Waals surface area contributed by atoms with Crippen LogP contribution < -0.4 is 0 Å². The third-order valence-corrected chi connectivity index (χ3v) is 3.38. The molecule has 5 heteroatoms. The van der Waals surface area contributed by atoms with E-state index in [9.17, 15) is 9.90 Å². The van der Waals surface area contributed by atoms with Crippen LogP contribution in [0.25, 0.3) is 16.8 Å². The van der Waals surface area contributed by atoms with E-state index < -0.39 is 5.97 Å². The summed E-state index contributed by atoms with van der Waals surface area (Å²) >= 11 is 0. The minimum absolute atomic E-state index is 0.266. The van der Waals surface area contributed by atoms with E-state index in [-0.39, 0.29) is 5.56 Å². The van der Waals surface area contributed by atoms with Crippen molar-refractivity contribution in [1.82, 2.24) is 14.8 Å². The van der Waals surface area contributed by atoms with E-state index in [1.165, 1.54) is 6.33 Å². The van der Waals surface area contributed by atoms with Gasteiger partial charge in [-0.05, 0) is 35.7 Å². The summed E-state index contributed by atoms with van der Waals surface area (Å²) in [6, 6.07) is 13.3. The van der Waals surface area contributed by atoms with Gasteiger partial charge in [-0.2, -0.15) is 5.10 Å². The molecular formula is C16H13N3O2. The second-order valence-electron chi connectivity index (χ2n) is 4.68. The Balaban J connectivity index is 2.26. The molecule has 0 fully saturated rings. The number of carboxylic acids is 1. The lowest BCUT2D eigenvalue weighted by atomic mass is 9.98. The summed E-state index contributed by atoms with van der Waals surface area (Å²) < 4.78 is 1.58. The highest BCUT2D eigenvalue weighted by molar-refractivity contribution is 5.92.